The number of hydrogen-bond acceptors (Lipinski definition) is 4. The second-order valence-corrected chi connectivity index (χ2v) is 4.73. The lowest BCUT2D eigenvalue weighted by atomic mass is 10.1. The van der Waals surface area contributed by atoms with Gasteiger partial charge in [0.2, 0.25) is 0 Å². The van der Waals surface area contributed by atoms with Gasteiger partial charge < -0.3 is 14.6 Å². The molecule has 0 aliphatic heterocycles. The molecule has 0 aromatic heterocycles. The third kappa shape index (κ3) is 4.56. The van der Waals surface area contributed by atoms with Crippen LogP contribution in [-0.2, 0) is 0 Å². The van der Waals surface area contributed by atoms with E-state index in [-0.39, 0.29) is 12.0 Å². The average Bonchev–Trinajstić information content (AvgIpc) is 2.45. The Kier molecular flexibility index (Phi) is 6.99. The van der Waals surface area contributed by atoms with Crippen LogP contribution in [0.1, 0.15) is 17.9 Å². The van der Waals surface area contributed by atoms with Gasteiger partial charge in [-0.05, 0) is 24.2 Å². The number of methoxy groups -OCH3 is 2. The molecular formula is C14H22ClNO3. The first-order chi connectivity index (χ1) is 9.15. The molecule has 0 saturated heterocycles. The first-order valence-electron chi connectivity index (χ1n) is 6.35. The Hall–Kier alpha value is -0.970. The number of alkyl halides is 1. The van der Waals surface area contributed by atoms with Crippen LogP contribution < -0.4 is 9.47 Å². The summed E-state index contributed by atoms with van der Waals surface area (Å²) < 4.78 is 10.5. The molecule has 0 radical (unpaired) electrons. The number of hydrogen-bond donors (Lipinski definition) is 1. The molecule has 5 heteroatoms. The zero-order valence-electron chi connectivity index (χ0n) is 11.7. The van der Waals surface area contributed by atoms with Gasteiger partial charge in [0, 0.05) is 13.1 Å². The van der Waals surface area contributed by atoms with Crippen LogP contribution in [0.25, 0.3) is 0 Å². The molecule has 0 fully saturated rings. The van der Waals surface area contributed by atoms with E-state index in [9.17, 15) is 0 Å². The summed E-state index contributed by atoms with van der Waals surface area (Å²) in [5, 5.41) is 8.83. The largest absolute Gasteiger partial charge is 0.493 e. The summed E-state index contributed by atoms with van der Waals surface area (Å²) >= 11 is 6.42. The van der Waals surface area contributed by atoms with Gasteiger partial charge in [0.25, 0.3) is 0 Å². The highest BCUT2D eigenvalue weighted by atomic mass is 35.5. The first-order valence-corrected chi connectivity index (χ1v) is 6.79. The highest BCUT2D eigenvalue weighted by Crippen LogP contribution is 2.32. The Balaban J connectivity index is 2.78. The van der Waals surface area contributed by atoms with Crippen molar-refractivity contribution in [3.8, 4) is 11.5 Å². The first kappa shape index (κ1) is 16.1. The molecule has 1 atom stereocenters. The summed E-state index contributed by atoms with van der Waals surface area (Å²) in [7, 11) is 3.21. The summed E-state index contributed by atoms with van der Waals surface area (Å²) in [5.74, 6) is 1.37. The predicted octanol–water partition coefficient (Wildman–Crippen LogP) is 2.30. The van der Waals surface area contributed by atoms with E-state index in [0.717, 1.165) is 12.1 Å². The number of likely N-dealkylation sites (N-methyl/N-ethyl adjacent to an activating group) is 1. The summed E-state index contributed by atoms with van der Waals surface area (Å²) in [6, 6.07) is 5.68. The van der Waals surface area contributed by atoms with Crippen molar-refractivity contribution in [1.29, 1.82) is 0 Å². The second-order valence-electron chi connectivity index (χ2n) is 4.20. The van der Waals surface area contributed by atoms with Gasteiger partial charge in [-0.25, -0.2) is 0 Å². The SMILES string of the molecule is CCN(CCO)CC(Cl)c1ccc(OC)c(OC)c1. The monoisotopic (exact) mass is 287 g/mol. The van der Waals surface area contributed by atoms with Gasteiger partial charge in [0.05, 0.1) is 26.2 Å². The molecule has 108 valence electrons. The fourth-order valence-electron chi connectivity index (χ4n) is 1.90. The smallest absolute Gasteiger partial charge is 0.161 e. The van der Waals surface area contributed by atoms with E-state index in [1.54, 1.807) is 14.2 Å². The number of aliphatic hydroxyl groups excluding tert-OH is 1. The van der Waals surface area contributed by atoms with E-state index in [4.69, 9.17) is 26.2 Å². The van der Waals surface area contributed by atoms with Crippen LogP contribution in [0, 0.1) is 0 Å². The number of aliphatic hydroxyl groups is 1. The lowest BCUT2D eigenvalue weighted by Gasteiger charge is -2.22. The molecule has 1 rings (SSSR count). The number of rotatable bonds is 8. The van der Waals surface area contributed by atoms with Crippen molar-refractivity contribution < 1.29 is 14.6 Å². The second kappa shape index (κ2) is 8.25. The molecule has 1 N–H and O–H groups in total. The zero-order valence-corrected chi connectivity index (χ0v) is 12.5. The van der Waals surface area contributed by atoms with Crippen molar-refractivity contribution in [3.63, 3.8) is 0 Å². The Bertz CT molecular complexity index is 387. The minimum Gasteiger partial charge on any atom is -0.493 e. The molecule has 0 heterocycles. The van der Waals surface area contributed by atoms with Gasteiger partial charge in [0.15, 0.2) is 11.5 Å². The summed E-state index contributed by atoms with van der Waals surface area (Å²) in [6.45, 7) is 4.37. The van der Waals surface area contributed by atoms with E-state index in [1.807, 2.05) is 25.1 Å². The van der Waals surface area contributed by atoms with Crippen LogP contribution in [0.2, 0.25) is 0 Å². The molecule has 1 aromatic rings. The van der Waals surface area contributed by atoms with E-state index >= 15 is 0 Å². The van der Waals surface area contributed by atoms with Crippen LogP contribution in [0.4, 0.5) is 0 Å². The molecular weight excluding hydrogens is 266 g/mol. The van der Waals surface area contributed by atoms with Crippen LogP contribution >= 0.6 is 11.6 Å². The van der Waals surface area contributed by atoms with E-state index in [2.05, 4.69) is 4.90 Å². The summed E-state index contributed by atoms with van der Waals surface area (Å²) in [5.41, 5.74) is 0.982. The van der Waals surface area contributed by atoms with E-state index in [1.165, 1.54) is 0 Å². The highest BCUT2D eigenvalue weighted by Gasteiger charge is 2.14. The van der Waals surface area contributed by atoms with Gasteiger partial charge >= 0.3 is 0 Å². The van der Waals surface area contributed by atoms with Crippen LogP contribution in [0.5, 0.6) is 11.5 Å². The fourth-order valence-corrected chi connectivity index (χ4v) is 2.23. The van der Waals surface area contributed by atoms with Crippen molar-refractivity contribution in [2.75, 3.05) is 40.5 Å². The highest BCUT2D eigenvalue weighted by molar-refractivity contribution is 6.21. The maximum Gasteiger partial charge on any atom is 0.161 e. The number of nitrogens with zero attached hydrogens (tertiary/aromatic N) is 1. The number of halogens is 1. The molecule has 0 saturated carbocycles. The molecule has 0 spiro atoms. The van der Waals surface area contributed by atoms with Gasteiger partial charge in [-0.15, -0.1) is 11.6 Å². The molecule has 0 aliphatic carbocycles. The third-order valence-electron chi connectivity index (χ3n) is 3.05. The van der Waals surface area contributed by atoms with Crippen molar-refractivity contribution in [2.45, 2.75) is 12.3 Å². The van der Waals surface area contributed by atoms with Crippen molar-refractivity contribution >= 4 is 11.6 Å². The molecule has 19 heavy (non-hydrogen) atoms. The Morgan fingerprint density at radius 2 is 1.95 bits per heavy atom. The standard InChI is InChI=1S/C14H22ClNO3/c1-4-16(7-8-17)10-12(15)11-5-6-13(18-2)14(9-11)19-3/h5-6,9,12,17H,4,7-8,10H2,1-3H3. The van der Waals surface area contributed by atoms with Crippen LogP contribution in [0.15, 0.2) is 18.2 Å². The van der Waals surface area contributed by atoms with Gasteiger partial charge in [-0.2, -0.15) is 0 Å². The Morgan fingerprint density at radius 1 is 1.26 bits per heavy atom. The molecule has 0 amide bonds. The van der Waals surface area contributed by atoms with Gasteiger partial charge in [-0.1, -0.05) is 13.0 Å². The van der Waals surface area contributed by atoms with Crippen molar-refractivity contribution in [3.05, 3.63) is 23.8 Å². The van der Waals surface area contributed by atoms with Crippen LogP contribution in [-0.4, -0.2) is 50.5 Å². The summed E-state index contributed by atoms with van der Waals surface area (Å²) in [6.07, 6.45) is 0. The maximum atomic E-state index is 8.98. The quantitative estimate of drug-likeness (QED) is 0.745. The Labute approximate surface area is 119 Å². The van der Waals surface area contributed by atoms with Crippen molar-refractivity contribution in [2.24, 2.45) is 0 Å². The fraction of sp³-hybridized carbons (Fsp3) is 0.571. The van der Waals surface area contributed by atoms with Gasteiger partial charge in [0.1, 0.15) is 0 Å². The Morgan fingerprint density at radius 3 is 2.47 bits per heavy atom. The third-order valence-corrected chi connectivity index (χ3v) is 3.44. The predicted molar refractivity (Wildman–Crippen MR) is 77.3 cm³/mol. The number of ether oxygens (including phenoxy) is 2. The minimum absolute atomic E-state index is 0.142. The average molecular weight is 288 g/mol. The topological polar surface area (TPSA) is 41.9 Å². The lowest BCUT2D eigenvalue weighted by Crippen LogP contribution is -2.29. The minimum atomic E-state index is -0.147. The van der Waals surface area contributed by atoms with E-state index < -0.39 is 0 Å². The summed E-state index contributed by atoms with van der Waals surface area (Å²) in [4.78, 5) is 2.11. The molecule has 4 nitrogen and oxygen atoms in total. The number of benzene rings is 1. The molecule has 0 bridgehead atoms. The van der Waals surface area contributed by atoms with Gasteiger partial charge in [-0.3, -0.25) is 4.90 Å². The van der Waals surface area contributed by atoms with E-state index in [0.29, 0.717) is 24.6 Å². The van der Waals surface area contributed by atoms with Crippen molar-refractivity contribution in [1.82, 2.24) is 4.90 Å². The maximum absolute atomic E-state index is 8.98. The zero-order chi connectivity index (χ0) is 14.3. The van der Waals surface area contributed by atoms with Crippen LogP contribution in [0.3, 0.4) is 0 Å². The normalized spacial score (nSPS) is 12.5. The molecule has 1 aromatic carbocycles. The molecule has 1 unspecified atom stereocenters. The lowest BCUT2D eigenvalue weighted by molar-refractivity contribution is 0.202. The molecule has 0 aliphatic rings.